The molecule has 3 rings (SSSR count). The van der Waals surface area contributed by atoms with Gasteiger partial charge in [-0.15, -0.1) is 11.8 Å². The van der Waals surface area contributed by atoms with E-state index >= 15 is 0 Å². The molecule has 2 aliphatic heterocycles. The van der Waals surface area contributed by atoms with Crippen molar-refractivity contribution in [3.63, 3.8) is 0 Å². The van der Waals surface area contributed by atoms with Crippen LogP contribution in [0.2, 0.25) is 0 Å². The molecule has 0 saturated carbocycles. The Morgan fingerprint density at radius 2 is 1.74 bits per heavy atom. The van der Waals surface area contributed by atoms with E-state index in [1.54, 1.807) is 0 Å². The molecule has 2 unspecified atom stereocenters. The maximum Gasteiger partial charge on any atom is 0.332 e. The van der Waals surface area contributed by atoms with E-state index in [0.29, 0.717) is 0 Å². The molecule has 0 aliphatic carbocycles. The number of thioether (sulfide) groups is 1. The van der Waals surface area contributed by atoms with Crippen molar-refractivity contribution in [3.8, 4) is 0 Å². The topological polar surface area (TPSA) is 77.9 Å². The lowest BCUT2D eigenvalue weighted by molar-refractivity contribution is -0.163. The maximum absolute atomic E-state index is 12.9. The standard InChI is InChI=1S/C15H15BrN2O4S/c1-17-12(20)15(13(21)18(2)14(17)22)10(19)7-23-11(15)8-5-3-4-6-9(8)16/h3-6,10-11,19H,7H2,1-2H3. The molecule has 1 N–H and O–H groups in total. The number of imide groups is 2. The summed E-state index contributed by atoms with van der Waals surface area (Å²) in [5.41, 5.74) is -0.918. The predicted octanol–water partition coefficient (Wildman–Crippen LogP) is 1.63. The van der Waals surface area contributed by atoms with Gasteiger partial charge in [-0.25, -0.2) is 4.79 Å². The third-order valence-corrected chi connectivity index (χ3v) is 6.63. The summed E-state index contributed by atoms with van der Waals surface area (Å²) in [5, 5.41) is 9.98. The van der Waals surface area contributed by atoms with Crippen LogP contribution in [0.4, 0.5) is 4.79 Å². The molecular weight excluding hydrogens is 384 g/mol. The second kappa shape index (κ2) is 5.61. The number of amides is 4. The van der Waals surface area contributed by atoms with Crippen molar-refractivity contribution < 1.29 is 19.5 Å². The quantitative estimate of drug-likeness (QED) is 0.727. The molecule has 0 radical (unpaired) electrons. The van der Waals surface area contributed by atoms with E-state index in [1.165, 1.54) is 25.9 Å². The summed E-state index contributed by atoms with van der Waals surface area (Å²) in [4.78, 5) is 39.6. The second-order valence-electron chi connectivity index (χ2n) is 5.63. The molecule has 2 fully saturated rings. The van der Waals surface area contributed by atoms with Gasteiger partial charge in [-0.2, -0.15) is 0 Å². The first kappa shape index (κ1) is 16.5. The number of benzene rings is 1. The molecule has 1 aromatic rings. The first-order chi connectivity index (χ1) is 10.8. The lowest BCUT2D eigenvalue weighted by atomic mass is 9.73. The minimum absolute atomic E-state index is 0.249. The molecule has 0 aromatic heterocycles. The molecular formula is C15H15BrN2O4S. The summed E-state index contributed by atoms with van der Waals surface area (Å²) >= 11 is 4.80. The van der Waals surface area contributed by atoms with Gasteiger partial charge in [-0.1, -0.05) is 34.1 Å². The Hall–Kier alpha value is -1.38. The fourth-order valence-corrected chi connectivity index (χ4v) is 5.51. The smallest absolute Gasteiger partial charge is 0.332 e. The Balaban J connectivity index is 2.20. The van der Waals surface area contributed by atoms with Crippen molar-refractivity contribution in [1.82, 2.24) is 9.80 Å². The number of carbonyl (C=O) groups excluding carboxylic acids is 3. The number of aliphatic hydroxyl groups is 1. The van der Waals surface area contributed by atoms with Crippen LogP contribution in [0.3, 0.4) is 0 Å². The minimum Gasteiger partial charge on any atom is -0.391 e. The molecule has 2 atom stereocenters. The summed E-state index contributed by atoms with van der Waals surface area (Å²) in [6.07, 6.45) is -1.15. The van der Waals surface area contributed by atoms with Gasteiger partial charge in [0, 0.05) is 24.3 Å². The third-order valence-electron chi connectivity index (χ3n) is 4.44. The molecule has 23 heavy (non-hydrogen) atoms. The average molecular weight is 399 g/mol. The number of barbiturate groups is 1. The Morgan fingerprint density at radius 3 is 2.30 bits per heavy atom. The van der Waals surface area contributed by atoms with Crippen molar-refractivity contribution >= 4 is 45.5 Å². The molecule has 2 saturated heterocycles. The Bertz CT molecular complexity index is 686. The zero-order valence-electron chi connectivity index (χ0n) is 12.5. The van der Waals surface area contributed by atoms with E-state index in [-0.39, 0.29) is 5.75 Å². The van der Waals surface area contributed by atoms with Gasteiger partial charge in [0.2, 0.25) is 11.8 Å². The van der Waals surface area contributed by atoms with Crippen molar-refractivity contribution in [2.75, 3.05) is 19.8 Å². The van der Waals surface area contributed by atoms with Crippen LogP contribution < -0.4 is 0 Å². The van der Waals surface area contributed by atoms with Gasteiger partial charge in [-0.05, 0) is 11.6 Å². The van der Waals surface area contributed by atoms with Crippen LogP contribution in [0.5, 0.6) is 0 Å². The van der Waals surface area contributed by atoms with E-state index < -0.39 is 34.6 Å². The number of rotatable bonds is 1. The van der Waals surface area contributed by atoms with Gasteiger partial charge < -0.3 is 5.11 Å². The highest BCUT2D eigenvalue weighted by Crippen LogP contribution is 2.57. The van der Waals surface area contributed by atoms with Crippen LogP contribution in [-0.4, -0.2) is 58.7 Å². The van der Waals surface area contributed by atoms with Gasteiger partial charge in [-0.3, -0.25) is 19.4 Å². The van der Waals surface area contributed by atoms with Crippen molar-refractivity contribution in [2.45, 2.75) is 11.4 Å². The highest BCUT2D eigenvalue weighted by atomic mass is 79.9. The summed E-state index contributed by atoms with van der Waals surface area (Å²) in [7, 11) is 2.67. The Labute approximate surface area is 145 Å². The lowest BCUT2D eigenvalue weighted by Crippen LogP contribution is -2.67. The van der Waals surface area contributed by atoms with Crippen LogP contribution in [0.1, 0.15) is 10.8 Å². The van der Waals surface area contributed by atoms with Crippen LogP contribution in [0, 0.1) is 5.41 Å². The van der Waals surface area contributed by atoms with E-state index in [0.717, 1.165) is 19.8 Å². The average Bonchev–Trinajstić information content (AvgIpc) is 2.88. The van der Waals surface area contributed by atoms with Crippen LogP contribution in [0.15, 0.2) is 28.7 Å². The molecule has 2 heterocycles. The minimum atomic E-state index is -1.67. The van der Waals surface area contributed by atoms with E-state index in [4.69, 9.17) is 0 Å². The van der Waals surface area contributed by atoms with Crippen LogP contribution in [-0.2, 0) is 9.59 Å². The lowest BCUT2D eigenvalue weighted by Gasteiger charge is -2.43. The zero-order chi connectivity index (χ0) is 16.9. The molecule has 0 bridgehead atoms. The van der Waals surface area contributed by atoms with Gasteiger partial charge in [0.05, 0.1) is 11.4 Å². The van der Waals surface area contributed by atoms with E-state index in [9.17, 15) is 19.5 Å². The predicted molar refractivity (Wildman–Crippen MR) is 88.7 cm³/mol. The summed E-state index contributed by atoms with van der Waals surface area (Å²) in [6.45, 7) is 0. The monoisotopic (exact) mass is 398 g/mol. The largest absolute Gasteiger partial charge is 0.391 e. The van der Waals surface area contributed by atoms with Crippen LogP contribution in [0.25, 0.3) is 0 Å². The molecule has 2 aliphatic rings. The first-order valence-corrected chi connectivity index (χ1v) is 8.82. The number of urea groups is 1. The molecule has 8 heteroatoms. The maximum atomic E-state index is 12.9. The summed E-state index contributed by atoms with van der Waals surface area (Å²) < 4.78 is 0.758. The van der Waals surface area contributed by atoms with Gasteiger partial charge in [0.1, 0.15) is 0 Å². The molecule has 1 aromatic carbocycles. The fourth-order valence-electron chi connectivity index (χ4n) is 3.20. The fraction of sp³-hybridized carbons (Fsp3) is 0.400. The molecule has 6 nitrogen and oxygen atoms in total. The highest BCUT2D eigenvalue weighted by molar-refractivity contribution is 9.10. The van der Waals surface area contributed by atoms with E-state index in [1.807, 2.05) is 24.3 Å². The van der Waals surface area contributed by atoms with Crippen molar-refractivity contribution in [1.29, 1.82) is 0 Å². The Morgan fingerprint density at radius 1 is 1.17 bits per heavy atom. The second-order valence-corrected chi connectivity index (χ2v) is 7.62. The molecule has 122 valence electrons. The molecule has 1 spiro atoms. The first-order valence-electron chi connectivity index (χ1n) is 6.97. The highest BCUT2D eigenvalue weighted by Gasteiger charge is 2.67. The van der Waals surface area contributed by atoms with E-state index in [2.05, 4.69) is 15.9 Å². The number of halogens is 1. The zero-order valence-corrected chi connectivity index (χ0v) is 14.9. The third kappa shape index (κ3) is 2.08. The number of carbonyl (C=O) groups is 3. The summed E-state index contributed by atoms with van der Waals surface area (Å²) in [6, 6.07) is 6.61. The van der Waals surface area contributed by atoms with Gasteiger partial charge in [0.25, 0.3) is 0 Å². The Kier molecular flexibility index (Phi) is 4.02. The van der Waals surface area contributed by atoms with Gasteiger partial charge in [0.15, 0.2) is 5.41 Å². The van der Waals surface area contributed by atoms with Gasteiger partial charge >= 0.3 is 6.03 Å². The summed E-state index contributed by atoms with van der Waals surface area (Å²) in [5.74, 6) is -1.05. The number of hydrogen-bond acceptors (Lipinski definition) is 5. The number of aliphatic hydroxyl groups excluding tert-OH is 1. The van der Waals surface area contributed by atoms with Crippen LogP contribution >= 0.6 is 27.7 Å². The van der Waals surface area contributed by atoms with Crippen molar-refractivity contribution in [3.05, 3.63) is 34.3 Å². The SMILES string of the molecule is CN1C(=O)N(C)C(=O)C2(C1=O)C(O)CSC2c1ccccc1Br. The molecule has 4 amide bonds. The van der Waals surface area contributed by atoms with Crippen molar-refractivity contribution in [2.24, 2.45) is 5.41 Å². The normalized spacial score (nSPS) is 27.2. The number of nitrogens with zero attached hydrogens (tertiary/aromatic N) is 2. The number of hydrogen-bond donors (Lipinski definition) is 1.